The quantitative estimate of drug-likeness (QED) is 0.881. The van der Waals surface area contributed by atoms with Crippen LogP contribution in [0.15, 0.2) is 12.1 Å². The molecule has 1 aliphatic heterocycles. The van der Waals surface area contributed by atoms with Crippen LogP contribution in [0.3, 0.4) is 0 Å². The van der Waals surface area contributed by atoms with Crippen molar-refractivity contribution in [2.24, 2.45) is 5.41 Å². The summed E-state index contributed by atoms with van der Waals surface area (Å²) in [5, 5.41) is 13.0. The van der Waals surface area contributed by atoms with E-state index in [-0.39, 0.29) is 11.5 Å². The maximum atomic E-state index is 11.5. The average Bonchev–Trinajstić information content (AvgIpc) is 2.62. The summed E-state index contributed by atoms with van der Waals surface area (Å²) in [4.78, 5) is 13.6. The highest BCUT2D eigenvalue weighted by atomic mass is 35.5. The lowest BCUT2D eigenvalue weighted by atomic mass is 9.87. The van der Waals surface area contributed by atoms with Gasteiger partial charge in [-0.25, -0.2) is 0 Å². The van der Waals surface area contributed by atoms with Crippen LogP contribution in [-0.2, 0) is 4.79 Å². The van der Waals surface area contributed by atoms with E-state index in [9.17, 15) is 9.90 Å². The minimum absolute atomic E-state index is 0.0971. The molecule has 1 amide bonds. The Morgan fingerprint density at radius 1 is 1.40 bits per heavy atom. The SMILES string of the molecule is CC(N(C)c1cc2c(cc1Cl)C(O)C(=O)N2)C(C)(C)C. The number of nitrogens with zero attached hydrogens (tertiary/aromatic N) is 1. The largest absolute Gasteiger partial charge is 0.378 e. The van der Waals surface area contributed by atoms with Gasteiger partial charge in [0.05, 0.1) is 10.7 Å². The normalized spacial score (nSPS) is 19.6. The van der Waals surface area contributed by atoms with Gasteiger partial charge in [-0.2, -0.15) is 0 Å². The zero-order valence-electron chi connectivity index (χ0n) is 12.5. The van der Waals surface area contributed by atoms with Crippen molar-refractivity contribution in [1.82, 2.24) is 0 Å². The molecule has 0 radical (unpaired) electrons. The summed E-state index contributed by atoms with van der Waals surface area (Å²) in [5.41, 5.74) is 2.12. The van der Waals surface area contributed by atoms with E-state index in [0.717, 1.165) is 5.69 Å². The van der Waals surface area contributed by atoms with E-state index in [0.29, 0.717) is 16.3 Å². The van der Waals surface area contributed by atoms with E-state index < -0.39 is 12.0 Å². The van der Waals surface area contributed by atoms with Crippen LogP contribution in [0.25, 0.3) is 0 Å². The topological polar surface area (TPSA) is 52.6 Å². The molecule has 2 rings (SSSR count). The highest BCUT2D eigenvalue weighted by Gasteiger charge is 2.31. The smallest absolute Gasteiger partial charge is 0.257 e. The molecular formula is C15H21ClN2O2. The molecule has 20 heavy (non-hydrogen) atoms. The first-order valence-corrected chi connectivity index (χ1v) is 7.06. The number of hydrogen-bond acceptors (Lipinski definition) is 3. The Labute approximate surface area is 124 Å². The fourth-order valence-corrected chi connectivity index (χ4v) is 2.62. The third-order valence-electron chi connectivity index (χ3n) is 4.13. The van der Waals surface area contributed by atoms with Crippen LogP contribution in [0.2, 0.25) is 5.02 Å². The molecule has 5 heteroatoms. The summed E-state index contributed by atoms with van der Waals surface area (Å²) in [7, 11) is 1.98. The lowest BCUT2D eigenvalue weighted by Crippen LogP contribution is -2.39. The summed E-state index contributed by atoms with van der Waals surface area (Å²) in [6, 6.07) is 3.76. The molecule has 1 aliphatic rings. The molecule has 2 atom stereocenters. The minimum atomic E-state index is -1.12. The van der Waals surface area contributed by atoms with Crippen molar-refractivity contribution in [2.75, 3.05) is 17.3 Å². The highest BCUT2D eigenvalue weighted by molar-refractivity contribution is 6.33. The number of amides is 1. The van der Waals surface area contributed by atoms with Crippen molar-refractivity contribution >= 4 is 28.9 Å². The monoisotopic (exact) mass is 296 g/mol. The predicted molar refractivity (Wildman–Crippen MR) is 82.4 cm³/mol. The summed E-state index contributed by atoms with van der Waals surface area (Å²) in [6.07, 6.45) is -1.12. The molecule has 1 heterocycles. The Morgan fingerprint density at radius 3 is 2.55 bits per heavy atom. The second-order valence-electron chi connectivity index (χ2n) is 6.44. The molecule has 110 valence electrons. The van der Waals surface area contributed by atoms with E-state index in [2.05, 4.69) is 37.9 Å². The Morgan fingerprint density at radius 2 is 2.00 bits per heavy atom. The Bertz CT molecular complexity index is 552. The number of hydrogen-bond donors (Lipinski definition) is 2. The van der Waals surface area contributed by atoms with Crippen molar-refractivity contribution in [3.8, 4) is 0 Å². The molecular weight excluding hydrogens is 276 g/mol. The standard InChI is InChI=1S/C15H21ClN2O2/c1-8(15(2,3)4)18(5)12-7-11-9(6-10(12)16)13(19)14(20)17-11/h6-8,13,19H,1-5H3,(H,17,20). The first kappa shape index (κ1) is 15.1. The summed E-state index contributed by atoms with van der Waals surface area (Å²) < 4.78 is 0. The molecule has 1 aromatic carbocycles. The lowest BCUT2D eigenvalue weighted by Gasteiger charge is -2.37. The molecule has 2 N–H and O–H groups in total. The zero-order chi connectivity index (χ0) is 15.2. The van der Waals surface area contributed by atoms with E-state index in [1.165, 1.54) is 0 Å². The fourth-order valence-electron chi connectivity index (χ4n) is 2.31. The van der Waals surface area contributed by atoms with Gasteiger partial charge in [0, 0.05) is 24.3 Å². The van der Waals surface area contributed by atoms with Gasteiger partial charge in [0.1, 0.15) is 0 Å². The van der Waals surface area contributed by atoms with Crippen molar-refractivity contribution in [1.29, 1.82) is 0 Å². The van der Waals surface area contributed by atoms with Gasteiger partial charge >= 0.3 is 0 Å². The Kier molecular flexibility index (Phi) is 3.73. The number of carbonyl (C=O) groups excluding carboxylic acids is 1. The molecule has 0 saturated heterocycles. The summed E-state index contributed by atoms with van der Waals surface area (Å²) in [5.74, 6) is -0.403. The van der Waals surface area contributed by atoms with Crippen molar-refractivity contribution in [3.63, 3.8) is 0 Å². The number of rotatable bonds is 2. The molecule has 0 bridgehead atoms. The minimum Gasteiger partial charge on any atom is -0.378 e. The first-order valence-electron chi connectivity index (χ1n) is 6.68. The third kappa shape index (κ3) is 2.50. The van der Waals surface area contributed by atoms with E-state index >= 15 is 0 Å². The number of aliphatic hydroxyl groups excluding tert-OH is 1. The number of aliphatic hydroxyl groups is 1. The van der Waals surface area contributed by atoms with Gasteiger partial charge in [-0.15, -0.1) is 0 Å². The van der Waals surface area contributed by atoms with Crippen LogP contribution in [0.4, 0.5) is 11.4 Å². The van der Waals surface area contributed by atoms with Crippen LogP contribution < -0.4 is 10.2 Å². The fraction of sp³-hybridized carbons (Fsp3) is 0.533. The number of carbonyl (C=O) groups is 1. The average molecular weight is 297 g/mol. The van der Waals surface area contributed by atoms with Gasteiger partial charge in [0.15, 0.2) is 6.10 Å². The van der Waals surface area contributed by atoms with E-state index in [1.807, 2.05) is 13.1 Å². The van der Waals surface area contributed by atoms with Crippen LogP contribution in [-0.4, -0.2) is 24.1 Å². The van der Waals surface area contributed by atoms with E-state index in [1.54, 1.807) is 6.07 Å². The number of fused-ring (bicyclic) bond motifs is 1. The van der Waals surface area contributed by atoms with Gasteiger partial charge < -0.3 is 15.3 Å². The summed E-state index contributed by atoms with van der Waals surface area (Å²) in [6.45, 7) is 8.64. The zero-order valence-corrected chi connectivity index (χ0v) is 13.2. The van der Waals surface area contributed by atoms with Crippen molar-refractivity contribution < 1.29 is 9.90 Å². The molecule has 1 aromatic rings. The first-order chi connectivity index (χ1) is 9.12. The predicted octanol–water partition coefficient (Wildman–Crippen LogP) is 3.20. The molecule has 0 spiro atoms. The van der Waals surface area contributed by atoms with E-state index in [4.69, 9.17) is 11.6 Å². The Balaban J connectivity index is 2.40. The number of anilines is 2. The van der Waals surface area contributed by atoms with Crippen molar-refractivity contribution in [2.45, 2.75) is 39.8 Å². The molecule has 0 aromatic heterocycles. The maximum absolute atomic E-state index is 11.5. The van der Waals surface area contributed by atoms with Crippen LogP contribution in [0.1, 0.15) is 39.4 Å². The van der Waals surface area contributed by atoms with Crippen LogP contribution in [0, 0.1) is 5.41 Å². The van der Waals surface area contributed by atoms with Gasteiger partial charge in [0.2, 0.25) is 0 Å². The summed E-state index contributed by atoms with van der Waals surface area (Å²) >= 11 is 6.32. The lowest BCUT2D eigenvalue weighted by molar-refractivity contribution is -0.123. The van der Waals surface area contributed by atoms with Crippen LogP contribution in [0.5, 0.6) is 0 Å². The Hall–Kier alpha value is -1.26. The van der Waals surface area contributed by atoms with Gasteiger partial charge in [-0.1, -0.05) is 32.4 Å². The van der Waals surface area contributed by atoms with Crippen LogP contribution >= 0.6 is 11.6 Å². The van der Waals surface area contributed by atoms with Gasteiger partial charge in [0.25, 0.3) is 5.91 Å². The molecule has 2 unspecified atom stereocenters. The second-order valence-corrected chi connectivity index (χ2v) is 6.84. The number of nitrogens with one attached hydrogen (secondary N) is 1. The number of halogens is 1. The molecule has 4 nitrogen and oxygen atoms in total. The van der Waals surface area contributed by atoms with Gasteiger partial charge in [-0.05, 0) is 24.5 Å². The highest BCUT2D eigenvalue weighted by Crippen LogP contribution is 2.40. The van der Waals surface area contributed by atoms with Crippen molar-refractivity contribution in [3.05, 3.63) is 22.7 Å². The third-order valence-corrected chi connectivity index (χ3v) is 4.44. The second kappa shape index (κ2) is 4.93. The molecule has 0 saturated carbocycles. The van der Waals surface area contributed by atoms with Gasteiger partial charge in [-0.3, -0.25) is 4.79 Å². The number of benzene rings is 1. The molecule has 0 aliphatic carbocycles. The molecule has 0 fully saturated rings. The maximum Gasteiger partial charge on any atom is 0.257 e.